The van der Waals surface area contributed by atoms with E-state index in [4.69, 9.17) is 14.2 Å². The van der Waals surface area contributed by atoms with Gasteiger partial charge < -0.3 is 14.2 Å². The van der Waals surface area contributed by atoms with Crippen molar-refractivity contribution < 1.29 is 22.6 Å². The average Bonchev–Trinajstić information content (AvgIpc) is 3.02. The van der Waals surface area contributed by atoms with E-state index in [0.717, 1.165) is 11.1 Å². The third-order valence-corrected chi connectivity index (χ3v) is 5.91. The van der Waals surface area contributed by atoms with Gasteiger partial charge in [-0.05, 0) is 42.3 Å². The summed E-state index contributed by atoms with van der Waals surface area (Å²) >= 11 is 3.35. The number of nitrogens with one attached hydrogen (secondary N) is 1. The van der Waals surface area contributed by atoms with Gasteiger partial charge in [0.1, 0.15) is 10.6 Å². The molecule has 2 aromatic carbocycles. The molecule has 0 atom stereocenters. The molecule has 24 heavy (non-hydrogen) atoms. The topological polar surface area (TPSA) is 73.9 Å². The van der Waals surface area contributed by atoms with Crippen LogP contribution in [-0.2, 0) is 16.6 Å². The second-order valence-electron chi connectivity index (χ2n) is 5.26. The van der Waals surface area contributed by atoms with Crippen LogP contribution in [0, 0.1) is 6.92 Å². The molecule has 0 spiro atoms. The van der Waals surface area contributed by atoms with Crippen LogP contribution in [-0.4, -0.2) is 22.3 Å². The lowest BCUT2D eigenvalue weighted by Gasteiger charge is -2.13. The summed E-state index contributed by atoms with van der Waals surface area (Å²) < 4.78 is 44.2. The molecule has 0 fully saturated rings. The van der Waals surface area contributed by atoms with Gasteiger partial charge in [-0.15, -0.1) is 0 Å². The molecule has 1 heterocycles. The molecule has 128 valence electrons. The Morgan fingerprint density at radius 1 is 1.21 bits per heavy atom. The molecule has 0 aromatic heterocycles. The van der Waals surface area contributed by atoms with E-state index in [1.807, 2.05) is 6.92 Å². The molecule has 0 saturated carbocycles. The number of aryl methyl sites for hydroxylation is 1. The number of rotatable bonds is 5. The lowest BCUT2D eigenvalue weighted by molar-refractivity contribution is 0.174. The van der Waals surface area contributed by atoms with Gasteiger partial charge in [-0.3, -0.25) is 0 Å². The maximum Gasteiger partial charge on any atom is 0.244 e. The molecular formula is C16H16BrNO5S. The van der Waals surface area contributed by atoms with Crippen LogP contribution in [0.25, 0.3) is 0 Å². The van der Waals surface area contributed by atoms with Gasteiger partial charge in [-0.1, -0.05) is 22.0 Å². The van der Waals surface area contributed by atoms with Crippen LogP contribution in [0.3, 0.4) is 0 Å². The molecule has 1 N–H and O–H groups in total. The summed E-state index contributed by atoms with van der Waals surface area (Å²) in [5.74, 6) is 1.57. The van der Waals surface area contributed by atoms with E-state index in [1.54, 1.807) is 24.3 Å². The van der Waals surface area contributed by atoms with Crippen molar-refractivity contribution in [2.75, 3.05) is 13.9 Å². The monoisotopic (exact) mass is 413 g/mol. The Labute approximate surface area is 148 Å². The Balaban J connectivity index is 1.83. The lowest BCUT2D eigenvalue weighted by atomic mass is 10.2. The molecule has 0 radical (unpaired) electrons. The minimum absolute atomic E-state index is 0.0863. The van der Waals surface area contributed by atoms with Gasteiger partial charge in [0, 0.05) is 11.0 Å². The zero-order valence-electron chi connectivity index (χ0n) is 13.1. The number of hydrogen-bond donors (Lipinski definition) is 1. The Morgan fingerprint density at radius 2 is 1.96 bits per heavy atom. The fraction of sp³-hybridized carbons (Fsp3) is 0.250. The van der Waals surface area contributed by atoms with Crippen LogP contribution >= 0.6 is 15.9 Å². The van der Waals surface area contributed by atoms with Gasteiger partial charge in [-0.25, -0.2) is 13.1 Å². The Hall–Kier alpha value is -1.77. The number of halogens is 1. The fourth-order valence-electron chi connectivity index (χ4n) is 2.31. The van der Waals surface area contributed by atoms with Crippen LogP contribution in [0.5, 0.6) is 17.2 Å². The van der Waals surface area contributed by atoms with Gasteiger partial charge in [0.05, 0.1) is 7.11 Å². The summed E-state index contributed by atoms with van der Waals surface area (Å²) in [6.07, 6.45) is 0. The van der Waals surface area contributed by atoms with Gasteiger partial charge >= 0.3 is 0 Å². The van der Waals surface area contributed by atoms with E-state index in [-0.39, 0.29) is 18.2 Å². The molecule has 2 aromatic rings. The average molecular weight is 414 g/mol. The standard InChI is InChI=1S/C16H16BrNO5S/c1-10-5-15(21-2)16(7-12(10)17)24(19,20)18-8-11-3-4-13-14(6-11)23-9-22-13/h3-7,18H,8-9H2,1-2H3. The highest BCUT2D eigenvalue weighted by molar-refractivity contribution is 9.10. The van der Waals surface area contributed by atoms with Crippen molar-refractivity contribution >= 4 is 26.0 Å². The maximum atomic E-state index is 12.6. The third kappa shape index (κ3) is 3.35. The van der Waals surface area contributed by atoms with Gasteiger partial charge in [0.15, 0.2) is 11.5 Å². The summed E-state index contributed by atoms with van der Waals surface area (Å²) in [6, 6.07) is 8.52. The van der Waals surface area contributed by atoms with Crippen molar-refractivity contribution in [1.82, 2.24) is 4.72 Å². The number of benzene rings is 2. The van der Waals surface area contributed by atoms with Crippen molar-refractivity contribution in [3.8, 4) is 17.2 Å². The van der Waals surface area contributed by atoms with E-state index in [2.05, 4.69) is 20.7 Å². The zero-order chi connectivity index (χ0) is 17.3. The van der Waals surface area contributed by atoms with Gasteiger partial charge in [-0.2, -0.15) is 0 Å². The molecule has 0 saturated heterocycles. The van der Waals surface area contributed by atoms with Crippen LogP contribution in [0.4, 0.5) is 0 Å². The molecule has 8 heteroatoms. The summed E-state index contributed by atoms with van der Waals surface area (Å²) in [5, 5.41) is 0. The van der Waals surface area contributed by atoms with E-state index < -0.39 is 10.0 Å². The SMILES string of the molecule is COc1cc(C)c(Br)cc1S(=O)(=O)NCc1ccc2c(c1)OCO2. The van der Waals surface area contributed by atoms with Gasteiger partial charge in [0.2, 0.25) is 16.8 Å². The molecule has 0 aliphatic carbocycles. The largest absolute Gasteiger partial charge is 0.495 e. The molecule has 0 bridgehead atoms. The van der Waals surface area contributed by atoms with Crippen molar-refractivity contribution in [2.24, 2.45) is 0 Å². The van der Waals surface area contributed by atoms with Crippen LogP contribution in [0.1, 0.15) is 11.1 Å². The lowest BCUT2D eigenvalue weighted by Crippen LogP contribution is -2.23. The maximum absolute atomic E-state index is 12.6. The summed E-state index contributed by atoms with van der Waals surface area (Å²) in [5.41, 5.74) is 1.66. The normalized spacial score (nSPS) is 13.1. The van der Waals surface area contributed by atoms with E-state index in [9.17, 15) is 8.42 Å². The minimum atomic E-state index is -3.73. The smallest absolute Gasteiger partial charge is 0.244 e. The van der Waals surface area contributed by atoms with Gasteiger partial charge in [0.25, 0.3) is 0 Å². The molecular weight excluding hydrogens is 398 g/mol. The first-order chi connectivity index (χ1) is 11.4. The first-order valence-corrected chi connectivity index (χ1v) is 9.40. The summed E-state index contributed by atoms with van der Waals surface area (Å²) in [7, 11) is -2.29. The molecule has 0 unspecified atom stereocenters. The van der Waals surface area contributed by atoms with Crippen molar-refractivity contribution in [3.63, 3.8) is 0 Å². The minimum Gasteiger partial charge on any atom is -0.495 e. The summed E-state index contributed by atoms with van der Waals surface area (Å²) in [4.78, 5) is 0.0863. The Bertz CT molecular complexity index is 882. The number of fused-ring (bicyclic) bond motifs is 1. The molecule has 0 amide bonds. The van der Waals surface area contributed by atoms with Crippen molar-refractivity contribution in [1.29, 1.82) is 0 Å². The third-order valence-electron chi connectivity index (χ3n) is 3.64. The second-order valence-corrected chi connectivity index (χ2v) is 7.85. The zero-order valence-corrected chi connectivity index (χ0v) is 15.5. The summed E-state index contributed by atoms with van der Waals surface area (Å²) in [6.45, 7) is 2.18. The predicted molar refractivity (Wildman–Crippen MR) is 92.0 cm³/mol. The Kier molecular flexibility index (Phi) is 4.71. The van der Waals surface area contributed by atoms with Crippen LogP contribution in [0.2, 0.25) is 0 Å². The molecule has 3 rings (SSSR count). The Morgan fingerprint density at radius 3 is 2.71 bits per heavy atom. The highest BCUT2D eigenvalue weighted by Crippen LogP contribution is 2.33. The fourth-order valence-corrected chi connectivity index (χ4v) is 4.00. The number of ether oxygens (including phenoxy) is 3. The number of hydrogen-bond acceptors (Lipinski definition) is 5. The van der Waals surface area contributed by atoms with E-state index >= 15 is 0 Å². The number of methoxy groups -OCH3 is 1. The number of sulfonamides is 1. The first kappa shape index (κ1) is 17.1. The van der Waals surface area contributed by atoms with Crippen molar-refractivity contribution in [3.05, 3.63) is 45.9 Å². The molecule has 1 aliphatic heterocycles. The van der Waals surface area contributed by atoms with E-state index in [1.165, 1.54) is 13.2 Å². The quantitative estimate of drug-likeness (QED) is 0.815. The molecule has 6 nitrogen and oxygen atoms in total. The first-order valence-electron chi connectivity index (χ1n) is 7.13. The predicted octanol–water partition coefficient (Wildman–Crippen LogP) is 2.97. The highest BCUT2D eigenvalue weighted by Gasteiger charge is 2.21. The molecule has 1 aliphatic rings. The van der Waals surface area contributed by atoms with Crippen LogP contribution in [0.15, 0.2) is 39.7 Å². The highest BCUT2D eigenvalue weighted by atomic mass is 79.9. The van der Waals surface area contributed by atoms with E-state index in [0.29, 0.717) is 21.7 Å². The van der Waals surface area contributed by atoms with Crippen molar-refractivity contribution in [2.45, 2.75) is 18.4 Å². The van der Waals surface area contributed by atoms with Crippen LogP contribution < -0.4 is 18.9 Å². The second kappa shape index (κ2) is 6.62.